The molecule has 1 fully saturated rings. The van der Waals surface area contributed by atoms with Gasteiger partial charge in [-0.15, -0.1) is 0 Å². The van der Waals surface area contributed by atoms with Gasteiger partial charge in [-0.2, -0.15) is 0 Å². The second-order valence-electron chi connectivity index (χ2n) is 6.45. The normalized spacial score (nSPS) is 17.5. The quantitative estimate of drug-likeness (QED) is 0.828. The number of rotatable bonds is 7. The molecular formula is C18H26N6O. The molecule has 134 valence electrons. The molecule has 1 atom stereocenters. The predicted molar refractivity (Wildman–Crippen MR) is 96.2 cm³/mol. The van der Waals surface area contributed by atoms with Crippen molar-refractivity contribution in [3.8, 4) is 0 Å². The minimum atomic E-state index is 0.101. The molecule has 2 aromatic rings. The molecule has 1 aliphatic rings. The van der Waals surface area contributed by atoms with E-state index in [1.165, 1.54) is 0 Å². The maximum absolute atomic E-state index is 12.1. The third-order valence-corrected chi connectivity index (χ3v) is 4.64. The van der Waals surface area contributed by atoms with Gasteiger partial charge < -0.3 is 14.8 Å². The second kappa shape index (κ2) is 8.60. The van der Waals surface area contributed by atoms with Crippen LogP contribution in [-0.4, -0.2) is 45.1 Å². The molecule has 0 unspecified atom stereocenters. The molecule has 1 amide bonds. The summed E-state index contributed by atoms with van der Waals surface area (Å²) in [5.74, 6) is 2.36. The van der Waals surface area contributed by atoms with Crippen molar-refractivity contribution in [2.45, 2.75) is 39.2 Å². The van der Waals surface area contributed by atoms with Gasteiger partial charge in [-0.25, -0.2) is 15.0 Å². The Hall–Kier alpha value is -2.44. The molecule has 3 rings (SSSR count). The molecule has 1 aliphatic heterocycles. The van der Waals surface area contributed by atoms with Crippen LogP contribution in [-0.2, 0) is 17.8 Å². The molecule has 0 bridgehead atoms. The molecule has 25 heavy (non-hydrogen) atoms. The van der Waals surface area contributed by atoms with Crippen LogP contribution in [0.2, 0.25) is 0 Å². The third-order valence-electron chi connectivity index (χ3n) is 4.64. The van der Waals surface area contributed by atoms with Crippen molar-refractivity contribution in [2.75, 3.05) is 24.5 Å². The molecule has 0 aromatic carbocycles. The summed E-state index contributed by atoms with van der Waals surface area (Å²) in [7, 11) is 0. The van der Waals surface area contributed by atoms with Crippen LogP contribution >= 0.6 is 0 Å². The second-order valence-corrected chi connectivity index (χ2v) is 6.45. The van der Waals surface area contributed by atoms with E-state index in [4.69, 9.17) is 0 Å². The zero-order valence-corrected chi connectivity index (χ0v) is 14.8. The SMILES string of the molecule is CCc1nccn1CCC(=O)NC[C@@H]1CCCN(c2ncccn2)C1. The number of piperidine rings is 1. The number of aromatic nitrogens is 4. The van der Waals surface area contributed by atoms with Gasteiger partial charge in [0.2, 0.25) is 11.9 Å². The summed E-state index contributed by atoms with van der Waals surface area (Å²) >= 11 is 0. The standard InChI is InChI=1S/C18H26N6O/c1-2-16-19-9-12-23(16)11-6-17(25)22-13-15-5-3-10-24(14-15)18-20-7-4-8-21-18/h4,7-9,12,15H,2-3,5-6,10-11,13-14H2,1H3,(H,22,25)/t15-/m0/s1. The van der Waals surface area contributed by atoms with Gasteiger partial charge in [-0.1, -0.05) is 6.92 Å². The predicted octanol–water partition coefficient (Wildman–Crippen LogP) is 1.66. The Labute approximate surface area is 148 Å². The lowest BCUT2D eigenvalue weighted by molar-refractivity contribution is -0.121. The first-order valence-corrected chi connectivity index (χ1v) is 9.05. The van der Waals surface area contributed by atoms with E-state index in [1.807, 2.05) is 12.3 Å². The molecule has 7 nitrogen and oxygen atoms in total. The van der Waals surface area contributed by atoms with Crippen molar-refractivity contribution in [1.29, 1.82) is 0 Å². The van der Waals surface area contributed by atoms with Gasteiger partial charge in [-0.05, 0) is 24.8 Å². The van der Waals surface area contributed by atoms with Crippen molar-refractivity contribution in [2.24, 2.45) is 5.92 Å². The Morgan fingerprint density at radius 3 is 2.92 bits per heavy atom. The average Bonchev–Trinajstić information content (AvgIpc) is 3.13. The molecule has 0 aliphatic carbocycles. The van der Waals surface area contributed by atoms with E-state index in [9.17, 15) is 4.79 Å². The fourth-order valence-electron chi connectivity index (χ4n) is 3.29. The number of hydrogen-bond acceptors (Lipinski definition) is 5. The Kier molecular flexibility index (Phi) is 5.98. The van der Waals surface area contributed by atoms with Crippen LogP contribution in [0.4, 0.5) is 5.95 Å². The zero-order chi connectivity index (χ0) is 17.5. The molecule has 0 spiro atoms. The zero-order valence-electron chi connectivity index (χ0n) is 14.8. The van der Waals surface area contributed by atoms with Crippen molar-refractivity contribution in [1.82, 2.24) is 24.8 Å². The number of carbonyl (C=O) groups is 1. The van der Waals surface area contributed by atoms with E-state index in [1.54, 1.807) is 18.6 Å². The summed E-state index contributed by atoms with van der Waals surface area (Å²) in [5, 5.41) is 3.08. The van der Waals surface area contributed by atoms with E-state index < -0.39 is 0 Å². The molecule has 7 heteroatoms. The first-order chi connectivity index (χ1) is 12.3. The van der Waals surface area contributed by atoms with Gasteiger partial charge in [0, 0.05) is 63.8 Å². The van der Waals surface area contributed by atoms with Gasteiger partial charge in [-0.3, -0.25) is 4.79 Å². The molecule has 1 N–H and O–H groups in total. The number of imidazole rings is 1. The first kappa shape index (κ1) is 17.4. The highest BCUT2D eigenvalue weighted by molar-refractivity contribution is 5.75. The number of nitrogens with one attached hydrogen (secondary N) is 1. The van der Waals surface area contributed by atoms with Crippen LogP contribution in [0.15, 0.2) is 30.9 Å². The van der Waals surface area contributed by atoms with E-state index in [0.717, 1.165) is 44.1 Å². The third kappa shape index (κ3) is 4.78. The summed E-state index contributed by atoms with van der Waals surface area (Å²) in [4.78, 5) is 27.3. The number of anilines is 1. The fourth-order valence-corrected chi connectivity index (χ4v) is 3.29. The minimum absolute atomic E-state index is 0.101. The van der Waals surface area contributed by atoms with Crippen molar-refractivity contribution in [3.05, 3.63) is 36.7 Å². The summed E-state index contributed by atoms with van der Waals surface area (Å²) in [5.41, 5.74) is 0. The Morgan fingerprint density at radius 2 is 2.12 bits per heavy atom. The Morgan fingerprint density at radius 1 is 1.28 bits per heavy atom. The van der Waals surface area contributed by atoms with Crippen molar-refractivity contribution in [3.63, 3.8) is 0 Å². The summed E-state index contributed by atoms with van der Waals surface area (Å²) in [6.45, 7) is 5.35. The topological polar surface area (TPSA) is 75.9 Å². The maximum Gasteiger partial charge on any atom is 0.225 e. The highest BCUT2D eigenvalue weighted by atomic mass is 16.1. The van der Waals surface area contributed by atoms with Crippen LogP contribution in [0.1, 0.15) is 32.0 Å². The first-order valence-electron chi connectivity index (χ1n) is 9.05. The average molecular weight is 342 g/mol. The van der Waals surface area contributed by atoms with Crippen LogP contribution in [0.25, 0.3) is 0 Å². The minimum Gasteiger partial charge on any atom is -0.356 e. The molecule has 2 aromatic heterocycles. The van der Waals surface area contributed by atoms with Gasteiger partial charge in [0.05, 0.1) is 0 Å². The number of amides is 1. The van der Waals surface area contributed by atoms with E-state index in [-0.39, 0.29) is 5.91 Å². The number of hydrogen-bond donors (Lipinski definition) is 1. The Balaban J connectivity index is 1.42. The van der Waals surface area contributed by atoms with Crippen molar-refractivity contribution < 1.29 is 4.79 Å². The number of carbonyl (C=O) groups excluding carboxylic acids is 1. The van der Waals surface area contributed by atoms with Crippen LogP contribution in [0, 0.1) is 5.92 Å². The van der Waals surface area contributed by atoms with Gasteiger partial charge in [0.1, 0.15) is 5.82 Å². The molecule has 3 heterocycles. The lowest BCUT2D eigenvalue weighted by atomic mass is 9.98. The van der Waals surface area contributed by atoms with Crippen LogP contribution in [0.3, 0.4) is 0 Å². The number of nitrogens with zero attached hydrogens (tertiary/aromatic N) is 5. The summed E-state index contributed by atoms with van der Waals surface area (Å²) in [6.07, 6.45) is 10.9. The van der Waals surface area contributed by atoms with Gasteiger partial charge in [0.25, 0.3) is 0 Å². The monoisotopic (exact) mass is 342 g/mol. The summed E-state index contributed by atoms with van der Waals surface area (Å²) in [6, 6.07) is 1.83. The fraction of sp³-hybridized carbons (Fsp3) is 0.556. The largest absolute Gasteiger partial charge is 0.356 e. The highest BCUT2D eigenvalue weighted by Crippen LogP contribution is 2.19. The lowest BCUT2D eigenvalue weighted by Gasteiger charge is -2.32. The smallest absolute Gasteiger partial charge is 0.225 e. The molecule has 1 saturated heterocycles. The van der Waals surface area contributed by atoms with Crippen molar-refractivity contribution >= 4 is 11.9 Å². The maximum atomic E-state index is 12.1. The van der Waals surface area contributed by atoms with Gasteiger partial charge in [0.15, 0.2) is 0 Å². The van der Waals surface area contributed by atoms with E-state index in [0.29, 0.717) is 25.4 Å². The van der Waals surface area contributed by atoms with Crippen LogP contribution < -0.4 is 10.2 Å². The Bertz CT molecular complexity index is 671. The highest BCUT2D eigenvalue weighted by Gasteiger charge is 2.22. The van der Waals surface area contributed by atoms with E-state index >= 15 is 0 Å². The molecular weight excluding hydrogens is 316 g/mol. The van der Waals surface area contributed by atoms with Crippen LogP contribution in [0.5, 0.6) is 0 Å². The molecule has 0 radical (unpaired) electrons. The molecule has 0 saturated carbocycles. The van der Waals surface area contributed by atoms with Gasteiger partial charge >= 0.3 is 0 Å². The van der Waals surface area contributed by atoms with E-state index in [2.05, 4.69) is 36.7 Å². The number of aryl methyl sites for hydroxylation is 2. The lowest BCUT2D eigenvalue weighted by Crippen LogP contribution is -2.41. The summed E-state index contributed by atoms with van der Waals surface area (Å²) < 4.78 is 2.05.